The van der Waals surface area contributed by atoms with Crippen LogP contribution < -0.4 is 4.74 Å². The Hall–Kier alpha value is -1.54. The maximum Gasteiger partial charge on any atom is 0.126 e. The van der Waals surface area contributed by atoms with Gasteiger partial charge in [-0.15, -0.1) is 0 Å². The fraction of sp³-hybridized carbons (Fsp3) is 0.222. The van der Waals surface area contributed by atoms with Crippen molar-refractivity contribution >= 4 is 28.1 Å². The molecule has 2 aromatic rings. The first-order valence-electron chi connectivity index (χ1n) is 6.91. The van der Waals surface area contributed by atoms with Crippen LogP contribution in [0.2, 0.25) is 0 Å². The molecule has 0 atom stereocenters. The molecule has 2 rings (SSSR count). The minimum Gasteiger partial charge on any atom is -0.493 e. The van der Waals surface area contributed by atoms with Gasteiger partial charge in [0.15, 0.2) is 0 Å². The van der Waals surface area contributed by atoms with Gasteiger partial charge >= 0.3 is 0 Å². The molecule has 104 valence electrons. The Morgan fingerprint density at radius 1 is 0.850 bits per heavy atom. The van der Waals surface area contributed by atoms with Gasteiger partial charge in [-0.25, -0.2) is 0 Å². The number of rotatable bonds is 7. The van der Waals surface area contributed by atoms with Gasteiger partial charge in [0.25, 0.3) is 0 Å². The molecule has 0 aliphatic carbocycles. The van der Waals surface area contributed by atoms with Crippen molar-refractivity contribution in [2.45, 2.75) is 12.8 Å². The molecular weight excluding hydrogens is 312 g/mol. The van der Waals surface area contributed by atoms with Crippen LogP contribution in [0.1, 0.15) is 24.0 Å². The zero-order valence-corrected chi connectivity index (χ0v) is 13.1. The highest BCUT2D eigenvalue weighted by atomic mass is 79.9. The van der Waals surface area contributed by atoms with Gasteiger partial charge in [-0.05, 0) is 24.5 Å². The van der Waals surface area contributed by atoms with E-state index in [0.29, 0.717) is 0 Å². The smallest absolute Gasteiger partial charge is 0.126 e. The van der Waals surface area contributed by atoms with Gasteiger partial charge in [-0.3, -0.25) is 0 Å². The second kappa shape index (κ2) is 8.60. The fourth-order valence-corrected chi connectivity index (χ4v) is 2.28. The van der Waals surface area contributed by atoms with Gasteiger partial charge in [0, 0.05) is 10.9 Å². The predicted molar refractivity (Wildman–Crippen MR) is 90.3 cm³/mol. The number of hydrogen-bond acceptors (Lipinski definition) is 1. The van der Waals surface area contributed by atoms with Crippen LogP contribution >= 0.6 is 15.9 Å². The van der Waals surface area contributed by atoms with Crippen LogP contribution in [-0.4, -0.2) is 11.9 Å². The first-order valence-corrected chi connectivity index (χ1v) is 8.03. The average Bonchev–Trinajstić information content (AvgIpc) is 2.51. The predicted octanol–water partition coefficient (Wildman–Crippen LogP) is 5.41. The first kappa shape index (κ1) is 14.9. The third-order valence-electron chi connectivity index (χ3n) is 2.96. The summed E-state index contributed by atoms with van der Waals surface area (Å²) in [6, 6.07) is 18.5. The van der Waals surface area contributed by atoms with Crippen LogP contribution in [0.25, 0.3) is 12.2 Å². The lowest BCUT2D eigenvalue weighted by Gasteiger charge is -2.08. The normalized spacial score (nSPS) is 10.8. The third kappa shape index (κ3) is 4.86. The summed E-state index contributed by atoms with van der Waals surface area (Å²) in [5.41, 5.74) is 2.32. The highest BCUT2D eigenvalue weighted by Crippen LogP contribution is 2.21. The zero-order chi connectivity index (χ0) is 14.0. The summed E-state index contributed by atoms with van der Waals surface area (Å²) in [5, 5.41) is 1.03. The monoisotopic (exact) mass is 330 g/mol. The number of hydrogen-bond donors (Lipinski definition) is 0. The van der Waals surface area contributed by atoms with E-state index in [1.165, 1.54) is 5.56 Å². The molecule has 0 unspecified atom stereocenters. The van der Waals surface area contributed by atoms with E-state index in [1.54, 1.807) is 0 Å². The molecule has 0 radical (unpaired) electrons. The molecule has 0 aliphatic rings. The van der Waals surface area contributed by atoms with Crippen molar-refractivity contribution in [1.29, 1.82) is 0 Å². The lowest BCUT2D eigenvalue weighted by Crippen LogP contribution is -1.98. The van der Waals surface area contributed by atoms with Gasteiger partial charge in [-0.2, -0.15) is 0 Å². The van der Waals surface area contributed by atoms with E-state index in [-0.39, 0.29) is 0 Å². The van der Waals surface area contributed by atoms with Crippen LogP contribution in [0.5, 0.6) is 5.75 Å². The van der Waals surface area contributed by atoms with Crippen molar-refractivity contribution in [2.24, 2.45) is 0 Å². The average molecular weight is 331 g/mol. The molecule has 1 nitrogen and oxygen atoms in total. The molecule has 2 heteroatoms. The summed E-state index contributed by atoms with van der Waals surface area (Å²) in [6.45, 7) is 0.766. The minimum atomic E-state index is 0.766. The molecule has 0 fully saturated rings. The highest BCUT2D eigenvalue weighted by molar-refractivity contribution is 9.09. The van der Waals surface area contributed by atoms with E-state index in [2.05, 4.69) is 46.3 Å². The second-order valence-corrected chi connectivity index (χ2v) is 5.32. The summed E-state index contributed by atoms with van der Waals surface area (Å²) in [4.78, 5) is 0. The number of halogens is 1. The molecule has 0 N–H and O–H groups in total. The lowest BCUT2D eigenvalue weighted by atomic mass is 10.1. The van der Waals surface area contributed by atoms with Crippen molar-refractivity contribution in [3.05, 3.63) is 65.7 Å². The Labute approximate surface area is 129 Å². The second-order valence-electron chi connectivity index (χ2n) is 4.53. The first-order chi connectivity index (χ1) is 9.90. The molecule has 0 aromatic heterocycles. The van der Waals surface area contributed by atoms with Gasteiger partial charge in [-0.1, -0.05) is 76.6 Å². The van der Waals surface area contributed by atoms with Crippen LogP contribution in [0, 0.1) is 0 Å². The van der Waals surface area contributed by atoms with Gasteiger partial charge in [0.1, 0.15) is 5.75 Å². The quantitative estimate of drug-likeness (QED) is 0.374. The molecule has 0 bridgehead atoms. The summed E-state index contributed by atoms with van der Waals surface area (Å²) < 4.78 is 5.86. The summed E-state index contributed by atoms with van der Waals surface area (Å²) in [5.74, 6) is 0.953. The van der Waals surface area contributed by atoms with Crippen molar-refractivity contribution in [3.8, 4) is 5.75 Å². The van der Waals surface area contributed by atoms with Crippen molar-refractivity contribution in [2.75, 3.05) is 11.9 Å². The van der Waals surface area contributed by atoms with Gasteiger partial charge in [0.2, 0.25) is 0 Å². The van der Waals surface area contributed by atoms with Crippen LogP contribution in [-0.2, 0) is 0 Å². The molecule has 20 heavy (non-hydrogen) atoms. The number of para-hydroxylation sites is 1. The van der Waals surface area contributed by atoms with E-state index in [1.807, 2.05) is 36.4 Å². The van der Waals surface area contributed by atoms with Crippen molar-refractivity contribution < 1.29 is 4.74 Å². The number of alkyl halides is 1. The number of unbranched alkanes of at least 4 members (excludes halogenated alkanes) is 1. The Bertz CT molecular complexity index is 534. The Kier molecular flexibility index (Phi) is 6.39. The third-order valence-corrected chi connectivity index (χ3v) is 3.52. The van der Waals surface area contributed by atoms with Crippen LogP contribution in [0.3, 0.4) is 0 Å². The van der Waals surface area contributed by atoms with Crippen molar-refractivity contribution in [3.63, 3.8) is 0 Å². The van der Waals surface area contributed by atoms with E-state index in [0.717, 1.165) is 36.1 Å². The maximum absolute atomic E-state index is 5.86. The molecule has 0 saturated carbocycles. The van der Waals surface area contributed by atoms with E-state index < -0.39 is 0 Å². The Morgan fingerprint density at radius 3 is 2.40 bits per heavy atom. The SMILES string of the molecule is BrCCCCOc1ccccc1C=Cc1ccccc1. The highest BCUT2D eigenvalue weighted by Gasteiger charge is 1.99. The Balaban J connectivity index is 2.02. The van der Waals surface area contributed by atoms with Crippen molar-refractivity contribution in [1.82, 2.24) is 0 Å². The zero-order valence-electron chi connectivity index (χ0n) is 11.5. The van der Waals surface area contributed by atoms with E-state index >= 15 is 0 Å². The fourth-order valence-electron chi connectivity index (χ4n) is 1.88. The van der Waals surface area contributed by atoms with E-state index in [9.17, 15) is 0 Å². The van der Waals surface area contributed by atoms with Gasteiger partial charge in [0.05, 0.1) is 6.61 Å². The van der Waals surface area contributed by atoms with Crippen LogP contribution in [0.15, 0.2) is 54.6 Å². The van der Waals surface area contributed by atoms with Gasteiger partial charge < -0.3 is 4.74 Å². The number of ether oxygens (including phenoxy) is 1. The molecule has 0 saturated heterocycles. The molecule has 2 aromatic carbocycles. The van der Waals surface area contributed by atoms with Crippen LogP contribution in [0.4, 0.5) is 0 Å². The standard InChI is InChI=1S/C18H19BrO/c19-14-6-7-15-20-18-11-5-4-10-17(18)13-12-16-8-2-1-3-9-16/h1-5,8-13H,6-7,14-15H2. The summed E-state index contributed by atoms with van der Waals surface area (Å²) >= 11 is 3.43. The largest absolute Gasteiger partial charge is 0.493 e. The van der Waals surface area contributed by atoms with E-state index in [4.69, 9.17) is 4.74 Å². The summed E-state index contributed by atoms with van der Waals surface area (Å²) in [6.07, 6.45) is 6.43. The Morgan fingerprint density at radius 2 is 1.60 bits per heavy atom. The maximum atomic E-state index is 5.86. The molecular formula is C18H19BrO. The lowest BCUT2D eigenvalue weighted by molar-refractivity contribution is 0.309. The summed E-state index contributed by atoms with van der Waals surface area (Å²) in [7, 11) is 0. The topological polar surface area (TPSA) is 9.23 Å². The molecule has 0 spiro atoms. The minimum absolute atomic E-state index is 0.766. The number of benzene rings is 2. The molecule has 0 amide bonds. The molecule has 0 heterocycles. The molecule has 0 aliphatic heterocycles.